The van der Waals surface area contributed by atoms with E-state index in [0.29, 0.717) is 0 Å². The summed E-state index contributed by atoms with van der Waals surface area (Å²) in [5.74, 6) is 0. The number of benzene rings is 11. The lowest BCUT2D eigenvalue weighted by Gasteiger charge is -2.28. The first-order valence-electron chi connectivity index (χ1n) is 22.0. The fraction of sp³-hybridized carbons (Fsp3) is 0. The molecule has 0 N–H and O–H groups in total. The summed E-state index contributed by atoms with van der Waals surface area (Å²) in [6.07, 6.45) is 0. The Balaban J connectivity index is 1.11. The van der Waals surface area contributed by atoms with Gasteiger partial charge in [-0.25, -0.2) is 0 Å². The maximum atomic E-state index is 2.45. The fourth-order valence-corrected chi connectivity index (χ4v) is 9.91. The molecule has 0 aliphatic heterocycles. The summed E-state index contributed by atoms with van der Waals surface area (Å²) in [6, 6.07) is 92.7. The van der Waals surface area contributed by atoms with E-state index in [9.17, 15) is 0 Å². The van der Waals surface area contributed by atoms with E-state index in [1.54, 1.807) is 0 Å². The van der Waals surface area contributed by atoms with E-state index in [1.807, 2.05) is 0 Å². The van der Waals surface area contributed by atoms with E-state index in [2.05, 4.69) is 264 Å². The van der Waals surface area contributed by atoms with Crippen LogP contribution >= 0.6 is 0 Å². The highest BCUT2D eigenvalue weighted by Crippen LogP contribution is 2.47. The molecule has 12 aromatic rings. The number of hydrogen-bond donors (Lipinski definition) is 0. The van der Waals surface area contributed by atoms with Gasteiger partial charge in [-0.2, -0.15) is 0 Å². The summed E-state index contributed by atoms with van der Waals surface area (Å²) in [5, 5.41) is 7.42. The van der Waals surface area contributed by atoms with Gasteiger partial charge >= 0.3 is 0 Å². The Kier molecular flexibility index (Phi) is 9.20. The number of nitrogens with zero attached hydrogens (tertiary/aromatic N) is 2. The van der Waals surface area contributed by atoms with Crippen LogP contribution in [0.15, 0.2) is 255 Å². The summed E-state index contributed by atoms with van der Waals surface area (Å²) < 4.78 is 2.43. The van der Waals surface area contributed by atoms with Crippen molar-refractivity contribution in [3.8, 4) is 50.2 Å². The maximum absolute atomic E-state index is 2.45. The maximum Gasteiger partial charge on any atom is 0.0782 e. The van der Waals surface area contributed by atoms with Gasteiger partial charge in [0.15, 0.2) is 0 Å². The lowest BCUT2D eigenvalue weighted by atomic mass is 9.84. The minimum Gasteiger partial charge on any atom is -0.308 e. The van der Waals surface area contributed by atoms with Crippen LogP contribution < -0.4 is 4.90 Å². The Hall–Kier alpha value is -8.46. The quantitative estimate of drug-likeness (QED) is 0.139. The van der Waals surface area contributed by atoms with Crippen LogP contribution in [-0.2, 0) is 0 Å². The molecule has 0 spiro atoms. The Morgan fingerprint density at radius 3 is 1.38 bits per heavy atom. The normalized spacial score (nSPS) is 11.4. The number of fused-ring (bicyclic) bond motifs is 6. The van der Waals surface area contributed by atoms with Gasteiger partial charge in [0.05, 0.1) is 16.7 Å². The lowest BCUT2D eigenvalue weighted by Crippen LogP contribution is -2.12. The summed E-state index contributed by atoms with van der Waals surface area (Å²) in [6.45, 7) is 0. The van der Waals surface area contributed by atoms with E-state index in [1.165, 1.54) is 71.2 Å². The van der Waals surface area contributed by atoms with Gasteiger partial charge in [0.1, 0.15) is 0 Å². The van der Waals surface area contributed by atoms with Crippen LogP contribution in [0, 0.1) is 0 Å². The molecule has 0 radical (unpaired) electrons. The lowest BCUT2D eigenvalue weighted by molar-refractivity contribution is 1.17. The van der Waals surface area contributed by atoms with Crippen molar-refractivity contribution in [2.24, 2.45) is 0 Å². The molecule has 300 valence electrons. The van der Waals surface area contributed by atoms with Crippen molar-refractivity contribution in [2.45, 2.75) is 0 Å². The average molecular weight is 815 g/mol. The number of hydrogen-bond acceptors (Lipinski definition) is 1. The molecule has 1 aromatic heterocycles. The first-order chi connectivity index (χ1) is 31.8. The number of para-hydroxylation sites is 3. The van der Waals surface area contributed by atoms with E-state index in [0.717, 1.165) is 39.4 Å². The Morgan fingerprint density at radius 1 is 0.266 bits per heavy atom. The molecule has 2 nitrogen and oxygen atoms in total. The van der Waals surface area contributed by atoms with E-state index >= 15 is 0 Å². The second-order valence-corrected chi connectivity index (χ2v) is 16.5. The van der Waals surface area contributed by atoms with Crippen molar-refractivity contribution in [3.05, 3.63) is 255 Å². The molecule has 0 unspecified atom stereocenters. The first-order valence-corrected chi connectivity index (χ1v) is 22.0. The summed E-state index contributed by atoms with van der Waals surface area (Å²) >= 11 is 0. The highest BCUT2D eigenvalue weighted by atomic mass is 15.2. The van der Waals surface area contributed by atoms with Crippen LogP contribution in [-0.4, -0.2) is 4.57 Å². The zero-order valence-corrected chi connectivity index (χ0v) is 35.1. The van der Waals surface area contributed by atoms with Crippen LogP contribution in [0.4, 0.5) is 17.1 Å². The van der Waals surface area contributed by atoms with Gasteiger partial charge in [-0.05, 0) is 121 Å². The zero-order chi connectivity index (χ0) is 42.4. The van der Waals surface area contributed by atoms with Crippen LogP contribution in [0.2, 0.25) is 0 Å². The highest BCUT2D eigenvalue weighted by molar-refractivity contribution is 6.22. The molecule has 12 rings (SSSR count). The Labute approximate surface area is 373 Å². The highest BCUT2D eigenvalue weighted by Gasteiger charge is 2.23. The van der Waals surface area contributed by atoms with E-state index in [4.69, 9.17) is 0 Å². The third-order valence-electron chi connectivity index (χ3n) is 12.7. The van der Waals surface area contributed by atoms with E-state index < -0.39 is 0 Å². The third-order valence-corrected chi connectivity index (χ3v) is 12.7. The Bertz CT molecular complexity index is 3650. The predicted octanol–water partition coefficient (Wildman–Crippen LogP) is 17.2. The van der Waals surface area contributed by atoms with Crippen LogP contribution in [0.3, 0.4) is 0 Å². The molecule has 2 heteroatoms. The molecule has 1 heterocycles. The van der Waals surface area contributed by atoms with Gasteiger partial charge in [0, 0.05) is 27.8 Å². The van der Waals surface area contributed by atoms with Crippen LogP contribution in [0.25, 0.3) is 93.5 Å². The van der Waals surface area contributed by atoms with Gasteiger partial charge < -0.3 is 9.47 Å². The van der Waals surface area contributed by atoms with Crippen molar-refractivity contribution in [2.75, 3.05) is 4.90 Å². The minimum absolute atomic E-state index is 1.08. The number of rotatable bonds is 8. The SMILES string of the molecule is c1ccc(-c2cccc(N(c3cccc(-c4ccc5c(c4)c(-c4ccccc4)c(-c4ccccc4)c4ccccc45)c3)c3cccc4c5ccccc5n(-c5ccccc5)c34)c2)cc1. The molecule has 0 saturated carbocycles. The summed E-state index contributed by atoms with van der Waals surface area (Å²) in [7, 11) is 0. The van der Waals surface area contributed by atoms with Gasteiger partial charge in [-0.15, -0.1) is 0 Å². The largest absolute Gasteiger partial charge is 0.308 e. The number of aromatic nitrogens is 1. The van der Waals surface area contributed by atoms with Gasteiger partial charge in [0.25, 0.3) is 0 Å². The molecule has 64 heavy (non-hydrogen) atoms. The molecular formula is C62H42N2. The molecule has 11 aromatic carbocycles. The molecule has 0 amide bonds. The second-order valence-electron chi connectivity index (χ2n) is 16.5. The summed E-state index contributed by atoms with van der Waals surface area (Å²) in [4.78, 5) is 2.45. The van der Waals surface area contributed by atoms with Gasteiger partial charge in [0.2, 0.25) is 0 Å². The van der Waals surface area contributed by atoms with Crippen molar-refractivity contribution >= 4 is 60.4 Å². The molecule has 0 atom stereocenters. The topological polar surface area (TPSA) is 8.17 Å². The van der Waals surface area contributed by atoms with Crippen LogP contribution in [0.1, 0.15) is 0 Å². The molecule has 0 fully saturated rings. The third kappa shape index (κ3) is 6.35. The van der Waals surface area contributed by atoms with Crippen LogP contribution in [0.5, 0.6) is 0 Å². The Morgan fingerprint density at radius 2 is 0.719 bits per heavy atom. The van der Waals surface area contributed by atoms with Crippen molar-refractivity contribution < 1.29 is 0 Å². The monoisotopic (exact) mass is 814 g/mol. The molecule has 0 aliphatic rings. The molecule has 0 bridgehead atoms. The molecular weight excluding hydrogens is 773 g/mol. The van der Waals surface area contributed by atoms with Gasteiger partial charge in [-0.3, -0.25) is 0 Å². The van der Waals surface area contributed by atoms with Crippen molar-refractivity contribution in [1.29, 1.82) is 0 Å². The zero-order valence-electron chi connectivity index (χ0n) is 35.1. The standard InChI is InChI=1S/C62H42N2/c1-5-20-43(21-6-1)46-26-17-30-50(40-46)63(59-37-19-35-56-54-33-15-16-36-58(54)64(62(56)59)49-28-11-4-12-29-49)51-31-18-27-47(41-51)48-38-39-53-52-32-13-14-34-55(52)60(44-22-7-2-8-23-44)61(57(53)42-48)45-24-9-3-10-25-45/h1-42H. The van der Waals surface area contributed by atoms with Crippen molar-refractivity contribution in [1.82, 2.24) is 4.57 Å². The fourth-order valence-electron chi connectivity index (χ4n) is 9.91. The van der Waals surface area contributed by atoms with Crippen molar-refractivity contribution in [3.63, 3.8) is 0 Å². The molecule has 0 saturated heterocycles. The second kappa shape index (κ2) is 15.8. The van der Waals surface area contributed by atoms with E-state index in [-0.39, 0.29) is 0 Å². The number of anilines is 3. The predicted molar refractivity (Wildman–Crippen MR) is 272 cm³/mol. The molecule has 0 aliphatic carbocycles. The van der Waals surface area contributed by atoms with Gasteiger partial charge in [-0.1, -0.05) is 200 Å². The smallest absolute Gasteiger partial charge is 0.0782 e. The average Bonchev–Trinajstić information content (AvgIpc) is 3.72. The first kappa shape index (κ1) is 37.3. The minimum atomic E-state index is 1.08. The summed E-state index contributed by atoms with van der Waals surface area (Å²) in [5.41, 5.74) is 16.3.